The molecule has 0 bridgehead atoms. The summed E-state index contributed by atoms with van der Waals surface area (Å²) in [5, 5.41) is 2.28. The third-order valence-corrected chi connectivity index (χ3v) is 7.04. The maximum Gasteiger partial charge on any atom is 0.143 e. The number of pyridine rings is 1. The van der Waals surface area contributed by atoms with Crippen molar-refractivity contribution in [1.82, 2.24) is 19.9 Å². The second-order valence-electron chi connectivity index (χ2n) is 6.65. The van der Waals surface area contributed by atoms with Gasteiger partial charge in [0.25, 0.3) is 0 Å². The topological polar surface area (TPSA) is 41.9 Å². The Morgan fingerprint density at radius 2 is 1.96 bits per heavy atom. The summed E-state index contributed by atoms with van der Waals surface area (Å²) < 4.78 is 14.4. The lowest BCUT2D eigenvalue weighted by molar-refractivity contribution is 0.204. The van der Waals surface area contributed by atoms with Crippen molar-refractivity contribution in [3.8, 4) is 0 Å². The molecule has 132 valence electrons. The molecule has 0 amide bonds. The Morgan fingerprint density at radius 1 is 1.08 bits per heavy atom. The normalized spacial score (nSPS) is 16.7. The first-order valence-corrected chi connectivity index (χ1v) is 10.4. The summed E-state index contributed by atoms with van der Waals surface area (Å²) >= 11 is 3.39. The number of benzene rings is 1. The van der Waals surface area contributed by atoms with Crippen molar-refractivity contribution in [2.24, 2.45) is 0 Å². The van der Waals surface area contributed by atoms with Gasteiger partial charge in [-0.25, -0.2) is 19.3 Å². The molecule has 0 atom stereocenters. The summed E-state index contributed by atoms with van der Waals surface area (Å²) in [6.45, 7) is 2.97. The van der Waals surface area contributed by atoms with Crippen molar-refractivity contribution >= 4 is 43.2 Å². The number of hydrogen-bond acceptors (Lipinski definition) is 6. The monoisotopic (exact) mass is 384 g/mol. The first kappa shape index (κ1) is 16.2. The van der Waals surface area contributed by atoms with Crippen molar-refractivity contribution in [2.75, 3.05) is 13.1 Å². The third kappa shape index (κ3) is 3.11. The minimum Gasteiger partial charge on any atom is -0.297 e. The number of piperidine rings is 1. The van der Waals surface area contributed by atoms with Gasteiger partial charge in [-0.1, -0.05) is 11.3 Å². The van der Waals surface area contributed by atoms with E-state index in [1.807, 2.05) is 24.4 Å². The second-order valence-corrected chi connectivity index (χ2v) is 8.77. The highest BCUT2D eigenvalue weighted by Crippen LogP contribution is 2.34. The van der Waals surface area contributed by atoms with Gasteiger partial charge in [0.2, 0.25) is 0 Å². The highest BCUT2D eigenvalue weighted by atomic mass is 32.1. The van der Waals surface area contributed by atoms with Gasteiger partial charge in [-0.3, -0.25) is 4.90 Å². The van der Waals surface area contributed by atoms with Gasteiger partial charge in [0.1, 0.15) is 21.2 Å². The van der Waals surface area contributed by atoms with Crippen LogP contribution in [-0.2, 0) is 6.54 Å². The summed E-state index contributed by atoms with van der Waals surface area (Å²) in [4.78, 5) is 17.2. The first-order valence-electron chi connectivity index (χ1n) is 8.73. The van der Waals surface area contributed by atoms with Gasteiger partial charge in [0.15, 0.2) is 0 Å². The molecule has 5 rings (SSSR count). The van der Waals surface area contributed by atoms with E-state index in [2.05, 4.69) is 19.9 Å². The fraction of sp³-hybridized carbons (Fsp3) is 0.316. The van der Waals surface area contributed by atoms with E-state index in [0.717, 1.165) is 63.1 Å². The molecule has 1 aliphatic heterocycles. The van der Waals surface area contributed by atoms with Crippen LogP contribution in [0.1, 0.15) is 28.8 Å². The Kier molecular flexibility index (Phi) is 4.15. The van der Waals surface area contributed by atoms with E-state index in [0.29, 0.717) is 5.92 Å². The Morgan fingerprint density at radius 3 is 2.81 bits per heavy atom. The lowest BCUT2D eigenvalue weighted by Crippen LogP contribution is -2.32. The Labute approximate surface area is 158 Å². The van der Waals surface area contributed by atoms with Crippen molar-refractivity contribution < 1.29 is 4.39 Å². The molecular formula is C19H17FN4S2. The lowest BCUT2D eigenvalue weighted by atomic mass is 9.97. The fourth-order valence-corrected chi connectivity index (χ4v) is 5.57. The summed E-state index contributed by atoms with van der Waals surface area (Å²) in [6.07, 6.45) is 4.00. The van der Waals surface area contributed by atoms with E-state index in [-0.39, 0.29) is 5.82 Å². The number of thiazole rings is 2. The van der Waals surface area contributed by atoms with Crippen molar-refractivity contribution in [1.29, 1.82) is 0 Å². The Bertz CT molecular complexity index is 1030. The van der Waals surface area contributed by atoms with Crippen LogP contribution < -0.4 is 0 Å². The molecule has 0 spiro atoms. The van der Waals surface area contributed by atoms with Crippen LogP contribution in [0.3, 0.4) is 0 Å². The van der Waals surface area contributed by atoms with E-state index in [1.165, 1.54) is 12.1 Å². The summed E-state index contributed by atoms with van der Waals surface area (Å²) in [6, 6.07) is 8.83. The zero-order chi connectivity index (χ0) is 17.5. The van der Waals surface area contributed by atoms with E-state index >= 15 is 0 Å². The standard InChI is InChI=1S/C19H17FN4S2/c20-13-3-4-16-15(10-13)23-18(25-16)12-5-8-24(9-6-12)11-17-22-14-2-1-7-21-19(14)26-17/h1-4,7,10,12H,5-6,8-9,11H2. The minimum absolute atomic E-state index is 0.213. The molecule has 4 aromatic rings. The molecule has 26 heavy (non-hydrogen) atoms. The predicted octanol–water partition coefficient (Wildman–Crippen LogP) is 4.82. The maximum absolute atomic E-state index is 13.4. The summed E-state index contributed by atoms with van der Waals surface area (Å²) in [5.41, 5.74) is 1.78. The molecule has 0 saturated carbocycles. The fourth-order valence-electron chi connectivity index (χ4n) is 3.50. The van der Waals surface area contributed by atoms with Crippen LogP contribution in [0.15, 0.2) is 36.5 Å². The molecule has 3 aromatic heterocycles. The molecule has 0 N–H and O–H groups in total. The number of aromatic nitrogens is 3. The quantitative estimate of drug-likeness (QED) is 0.508. The van der Waals surface area contributed by atoms with Crippen LogP contribution >= 0.6 is 22.7 Å². The Balaban J connectivity index is 1.26. The van der Waals surface area contributed by atoms with Gasteiger partial charge in [-0.2, -0.15) is 0 Å². The molecule has 0 aliphatic carbocycles. The van der Waals surface area contributed by atoms with E-state index in [4.69, 9.17) is 0 Å². The number of nitrogens with zero attached hydrogens (tertiary/aromatic N) is 4. The Hall–Kier alpha value is -1.96. The van der Waals surface area contributed by atoms with Gasteiger partial charge < -0.3 is 0 Å². The largest absolute Gasteiger partial charge is 0.297 e. The molecule has 0 unspecified atom stereocenters. The predicted molar refractivity (Wildman–Crippen MR) is 104 cm³/mol. The molecule has 0 radical (unpaired) electrons. The summed E-state index contributed by atoms with van der Waals surface area (Å²) in [7, 11) is 0. The average Bonchev–Trinajstić information content (AvgIpc) is 3.25. The van der Waals surface area contributed by atoms with Crippen molar-refractivity contribution in [3.05, 3.63) is 52.4 Å². The van der Waals surface area contributed by atoms with Crippen molar-refractivity contribution in [2.45, 2.75) is 25.3 Å². The SMILES string of the molecule is Fc1ccc2sc(C3CCN(Cc4nc5cccnc5s4)CC3)nc2c1. The second kappa shape index (κ2) is 6.64. The van der Waals surface area contributed by atoms with Gasteiger partial charge in [0, 0.05) is 18.2 Å². The first-order chi connectivity index (χ1) is 12.7. The molecule has 7 heteroatoms. The summed E-state index contributed by atoms with van der Waals surface area (Å²) in [5.74, 6) is 0.262. The molecule has 1 aromatic carbocycles. The molecule has 1 saturated heterocycles. The lowest BCUT2D eigenvalue weighted by Gasteiger charge is -2.30. The maximum atomic E-state index is 13.4. The van der Waals surface area contributed by atoms with Crippen LogP contribution in [0, 0.1) is 5.82 Å². The molecule has 1 aliphatic rings. The number of rotatable bonds is 3. The van der Waals surface area contributed by atoms with Crippen LogP contribution in [0.25, 0.3) is 20.6 Å². The van der Waals surface area contributed by atoms with E-state index < -0.39 is 0 Å². The molecular weight excluding hydrogens is 367 g/mol. The highest BCUT2D eigenvalue weighted by molar-refractivity contribution is 7.18. The smallest absolute Gasteiger partial charge is 0.143 e. The van der Waals surface area contributed by atoms with Gasteiger partial charge >= 0.3 is 0 Å². The van der Waals surface area contributed by atoms with Crippen LogP contribution in [0.4, 0.5) is 4.39 Å². The van der Waals surface area contributed by atoms with Crippen LogP contribution in [0.2, 0.25) is 0 Å². The number of fused-ring (bicyclic) bond motifs is 2. The zero-order valence-electron chi connectivity index (χ0n) is 14.1. The molecule has 4 nitrogen and oxygen atoms in total. The van der Waals surface area contributed by atoms with E-state index in [1.54, 1.807) is 22.7 Å². The third-order valence-electron chi connectivity index (χ3n) is 4.87. The molecule has 1 fully saturated rings. The number of halogens is 1. The van der Waals surface area contributed by atoms with Gasteiger partial charge in [0.05, 0.1) is 21.8 Å². The highest BCUT2D eigenvalue weighted by Gasteiger charge is 2.24. The van der Waals surface area contributed by atoms with Gasteiger partial charge in [-0.05, 0) is 50.2 Å². The average molecular weight is 385 g/mol. The molecule has 4 heterocycles. The van der Waals surface area contributed by atoms with Gasteiger partial charge in [-0.15, -0.1) is 11.3 Å². The minimum atomic E-state index is -0.213. The van der Waals surface area contributed by atoms with E-state index in [9.17, 15) is 4.39 Å². The van der Waals surface area contributed by atoms with Crippen LogP contribution in [-0.4, -0.2) is 32.9 Å². The van der Waals surface area contributed by atoms with Crippen molar-refractivity contribution in [3.63, 3.8) is 0 Å². The zero-order valence-corrected chi connectivity index (χ0v) is 15.7. The van der Waals surface area contributed by atoms with Crippen LogP contribution in [0.5, 0.6) is 0 Å². The number of hydrogen-bond donors (Lipinski definition) is 0. The number of likely N-dealkylation sites (tertiary alicyclic amines) is 1.